The fourth-order valence-corrected chi connectivity index (χ4v) is 29.8. The van der Waals surface area contributed by atoms with Crippen molar-refractivity contribution in [3.05, 3.63) is 0 Å². The summed E-state index contributed by atoms with van der Waals surface area (Å²) in [7, 11) is -10.5. The van der Waals surface area contributed by atoms with Gasteiger partial charge in [0, 0.05) is 0 Å². The fraction of sp³-hybridized carbons (Fsp3) is 0.950. The van der Waals surface area contributed by atoms with Crippen LogP contribution in [0.15, 0.2) is 0 Å². The Kier molecular flexibility index (Phi) is 11.8. The summed E-state index contributed by atoms with van der Waals surface area (Å²) in [6.07, 6.45) is 4.62. The van der Waals surface area contributed by atoms with E-state index in [9.17, 15) is 22.9 Å². The second-order valence-electron chi connectivity index (χ2n) is 8.52. The van der Waals surface area contributed by atoms with Crippen LogP contribution in [0.4, 0.5) is 0 Å². The number of hydrogen-bond donors (Lipinski definition) is 2. The molecule has 8 heteroatoms. The van der Waals surface area contributed by atoms with Gasteiger partial charge in [-0.2, -0.15) is 8.42 Å². The summed E-state index contributed by atoms with van der Waals surface area (Å²) >= 11 is 0. The van der Waals surface area contributed by atoms with Crippen LogP contribution >= 0.6 is 0 Å². The van der Waals surface area contributed by atoms with Crippen molar-refractivity contribution in [1.29, 1.82) is 0 Å². The van der Waals surface area contributed by atoms with E-state index in [4.69, 9.17) is 0 Å². The largest absolute Gasteiger partial charge is 0.480 e. The van der Waals surface area contributed by atoms with Gasteiger partial charge < -0.3 is 5.11 Å². The van der Waals surface area contributed by atoms with Gasteiger partial charge in [0.1, 0.15) is 0 Å². The van der Waals surface area contributed by atoms with Crippen molar-refractivity contribution in [2.24, 2.45) is 0 Å². The first-order valence-corrected chi connectivity index (χ1v) is 17.9. The standard InChI is InChI=1S/C20H44O5SSi2/c1-7-13-27(14-8-2,15-9-3)20(19(21)22,26(23,24)25)28(16-10-4,17-11-5)18-12-6/h7-18H2,1-6H3,(H,21,22)(H,23,24,25). The molecule has 0 unspecified atom stereocenters. The third-order valence-electron chi connectivity index (χ3n) is 6.55. The average molecular weight is 453 g/mol. The summed E-state index contributed by atoms with van der Waals surface area (Å²) in [5, 5.41) is 10.7. The Bertz CT molecular complexity index is 517. The van der Waals surface area contributed by atoms with Gasteiger partial charge in [-0.25, -0.2) is 0 Å². The minimum atomic E-state index is -4.75. The minimum absolute atomic E-state index is 0.659. The highest BCUT2D eigenvalue weighted by Gasteiger charge is 2.74. The molecule has 0 bridgehead atoms. The van der Waals surface area contributed by atoms with Crippen LogP contribution in [-0.2, 0) is 14.9 Å². The van der Waals surface area contributed by atoms with Gasteiger partial charge in [0.25, 0.3) is 10.1 Å². The van der Waals surface area contributed by atoms with Gasteiger partial charge in [-0.1, -0.05) is 116 Å². The third-order valence-corrected chi connectivity index (χ3v) is 27.0. The lowest BCUT2D eigenvalue weighted by atomic mass is 10.5. The summed E-state index contributed by atoms with van der Waals surface area (Å²) < 4.78 is 35.4. The van der Waals surface area contributed by atoms with Gasteiger partial charge in [0.2, 0.25) is 0 Å². The summed E-state index contributed by atoms with van der Waals surface area (Å²) in [5.74, 6) is -1.24. The van der Waals surface area contributed by atoms with Gasteiger partial charge in [0.05, 0.1) is 16.1 Å². The molecule has 0 radical (unpaired) electrons. The zero-order chi connectivity index (χ0) is 22.1. The molecule has 0 aromatic heterocycles. The van der Waals surface area contributed by atoms with E-state index < -0.39 is 36.2 Å². The molecule has 0 aromatic rings. The van der Waals surface area contributed by atoms with Crippen LogP contribution in [0, 0.1) is 0 Å². The van der Waals surface area contributed by atoms with E-state index in [1.54, 1.807) is 0 Å². The lowest BCUT2D eigenvalue weighted by molar-refractivity contribution is -0.136. The van der Waals surface area contributed by atoms with Crippen LogP contribution in [0.1, 0.15) is 80.1 Å². The third kappa shape index (κ3) is 4.92. The Balaban J connectivity index is 7.52. The van der Waals surface area contributed by atoms with Crippen LogP contribution < -0.4 is 0 Å². The Hall–Kier alpha value is -0.186. The molecule has 0 amide bonds. The maximum atomic E-state index is 13.3. The Morgan fingerprint density at radius 3 is 1.00 bits per heavy atom. The monoisotopic (exact) mass is 452 g/mol. The highest BCUT2D eigenvalue weighted by atomic mass is 32.2. The van der Waals surface area contributed by atoms with E-state index >= 15 is 0 Å². The summed E-state index contributed by atoms with van der Waals surface area (Å²) in [6, 6.07) is 3.96. The predicted molar refractivity (Wildman–Crippen MR) is 124 cm³/mol. The molecule has 0 aliphatic rings. The van der Waals surface area contributed by atoms with E-state index in [-0.39, 0.29) is 0 Å². The molecule has 28 heavy (non-hydrogen) atoms. The average Bonchev–Trinajstić information content (AvgIpc) is 2.55. The van der Waals surface area contributed by atoms with Crippen LogP contribution in [0.25, 0.3) is 0 Å². The molecule has 0 fully saturated rings. The predicted octanol–water partition coefficient (Wildman–Crippen LogP) is 6.13. The Morgan fingerprint density at radius 2 is 0.893 bits per heavy atom. The van der Waals surface area contributed by atoms with Crippen molar-refractivity contribution >= 4 is 32.2 Å². The van der Waals surface area contributed by atoms with E-state index in [0.29, 0.717) is 36.3 Å². The molecule has 5 nitrogen and oxygen atoms in total. The molecule has 0 rings (SSSR count). The number of aliphatic carboxylic acids is 1. The van der Waals surface area contributed by atoms with Gasteiger partial charge in [-0.15, -0.1) is 0 Å². The molecule has 0 saturated carbocycles. The first-order valence-electron chi connectivity index (χ1n) is 11.3. The zero-order valence-corrected chi connectivity index (χ0v) is 21.8. The topological polar surface area (TPSA) is 91.7 Å². The Morgan fingerprint density at radius 1 is 0.679 bits per heavy atom. The normalized spacial score (nSPS) is 13.7. The quantitative estimate of drug-likeness (QED) is 0.217. The van der Waals surface area contributed by atoms with Gasteiger partial charge in [0.15, 0.2) is 3.99 Å². The number of hydrogen-bond acceptors (Lipinski definition) is 3. The number of carbonyl (C=O) groups is 1. The van der Waals surface area contributed by atoms with Crippen molar-refractivity contribution < 1.29 is 22.9 Å². The Labute approximate surface area is 175 Å². The number of carboxylic acids is 1. The first kappa shape index (κ1) is 27.8. The molecule has 0 spiro atoms. The fourth-order valence-electron chi connectivity index (χ4n) is 6.35. The summed E-state index contributed by atoms with van der Waals surface area (Å²) in [5.41, 5.74) is 0. The molecule has 0 saturated heterocycles. The maximum Gasteiger partial charge on any atom is 0.321 e. The van der Waals surface area contributed by atoms with E-state index in [1.807, 2.05) is 41.5 Å². The van der Waals surface area contributed by atoms with E-state index in [1.165, 1.54) is 0 Å². The lowest BCUT2D eigenvalue weighted by Crippen LogP contribution is -2.79. The van der Waals surface area contributed by atoms with Crippen molar-refractivity contribution in [2.45, 2.75) is 120 Å². The maximum absolute atomic E-state index is 13.3. The molecule has 2 N–H and O–H groups in total. The molecular weight excluding hydrogens is 408 g/mol. The van der Waals surface area contributed by atoms with Crippen LogP contribution in [0.5, 0.6) is 0 Å². The van der Waals surface area contributed by atoms with Crippen molar-refractivity contribution in [2.75, 3.05) is 0 Å². The molecule has 0 atom stereocenters. The smallest absolute Gasteiger partial charge is 0.321 e. The molecule has 168 valence electrons. The van der Waals surface area contributed by atoms with Gasteiger partial charge >= 0.3 is 5.97 Å². The minimum Gasteiger partial charge on any atom is -0.480 e. The first-order chi connectivity index (χ1) is 13.1. The van der Waals surface area contributed by atoms with Crippen molar-refractivity contribution in [3.63, 3.8) is 0 Å². The van der Waals surface area contributed by atoms with Crippen molar-refractivity contribution in [1.82, 2.24) is 0 Å². The van der Waals surface area contributed by atoms with Crippen LogP contribution in [-0.4, -0.2) is 44.2 Å². The molecular formula is C20H44O5SSi2. The SMILES string of the molecule is CCC[Si](CCC)(CCC)C(C(=O)O)([Si](CCC)(CCC)CCC)S(=O)(=O)O. The number of rotatable bonds is 16. The van der Waals surface area contributed by atoms with Crippen LogP contribution in [0.2, 0.25) is 36.3 Å². The van der Waals surface area contributed by atoms with E-state index in [2.05, 4.69) is 0 Å². The van der Waals surface area contributed by atoms with E-state index in [0.717, 1.165) is 38.5 Å². The van der Waals surface area contributed by atoms with Crippen LogP contribution in [0.3, 0.4) is 0 Å². The second-order valence-corrected chi connectivity index (χ2v) is 20.9. The summed E-state index contributed by atoms with van der Waals surface area (Å²) in [4.78, 5) is 13.1. The highest BCUT2D eigenvalue weighted by Crippen LogP contribution is 2.51. The van der Waals surface area contributed by atoms with Gasteiger partial charge in [-0.3, -0.25) is 9.35 Å². The summed E-state index contributed by atoms with van der Waals surface area (Å²) in [6.45, 7) is 12.1. The zero-order valence-electron chi connectivity index (χ0n) is 19.0. The molecule has 0 heterocycles. The molecule has 0 aromatic carbocycles. The second kappa shape index (κ2) is 11.9. The lowest BCUT2D eigenvalue weighted by Gasteiger charge is -2.54. The number of carboxylic acid groups (broad SMARTS) is 1. The molecule has 0 aliphatic heterocycles. The van der Waals surface area contributed by atoms with Crippen molar-refractivity contribution in [3.8, 4) is 0 Å². The highest BCUT2D eigenvalue weighted by molar-refractivity contribution is 7.93. The molecule has 0 aliphatic carbocycles. The van der Waals surface area contributed by atoms with Gasteiger partial charge in [-0.05, 0) is 0 Å².